The van der Waals surface area contributed by atoms with Gasteiger partial charge in [0.1, 0.15) is 0 Å². The zero-order valence-electron chi connectivity index (χ0n) is 65.2. The molecule has 2 aromatic heterocycles. The number of hydrogen-bond donors (Lipinski definition) is 6. The van der Waals surface area contributed by atoms with Crippen LogP contribution in [-0.4, -0.2) is 147 Å². The smallest absolute Gasteiger partial charge is 0.453 e. The predicted octanol–water partition coefficient (Wildman–Crippen LogP) is 16.3. The summed E-state index contributed by atoms with van der Waals surface area (Å²) in [6.07, 6.45) is 18.3. The zero-order chi connectivity index (χ0) is 86.0. The minimum Gasteiger partial charge on any atom is -0.453 e. The molecule has 2 saturated heterocycles. The van der Waals surface area contributed by atoms with Gasteiger partial charge in [-0.3, -0.25) is 14.5 Å². The molecule has 2 aliphatic heterocycles. The molecule has 2 aromatic carbocycles. The average molecular weight is 1820 g/mol. The fourth-order valence-electron chi connectivity index (χ4n) is 20.3. The summed E-state index contributed by atoms with van der Waals surface area (Å²) < 4.78 is 158. The first-order valence-corrected chi connectivity index (χ1v) is 42.2. The Kier molecular flexibility index (Phi) is 30.1. The molecule has 22 atom stereocenters. The summed E-state index contributed by atoms with van der Waals surface area (Å²) >= 11 is 16.9. The molecule has 6 unspecified atom stereocenters. The molecule has 644 valence electrons. The van der Waals surface area contributed by atoms with Gasteiger partial charge in [-0.15, -0.1) is 0 Å². The quantitative estimate of drug-likeness (QED) is 0.00660. The van der Waals surface area contributed by atoms with Crippen molar-refractivity contribution in [1.82, 2.24) is 0 Å². The second-order valence-electron chi connectivity index (χ2n) is 32.7. The molecule has 118 heavy (non-hydrogen) atoms. The van der Waals surface area contributed by atoms with Crippen molar-refractivity contribution < 1.29 is 134 Å². The largest absolute Gasteiger partial charge is 0.522 e. The van der Waals surface area contributed by atoms with Crippen LogP contribution in [0.2, 0.25) is 0 Å². The van der Waals surface area contributed by atoms with E-state index < -0.39 is 107 Å². The number of benzene rings is 2. The molecule has 10 aliphatic rings. The van der Waals surface area contributed by atoms with Crippen molar-refractivity contribution in [3.05, 3.63) is 185 Å². The van der Waals surface area contributed by atoms with Crippen LogP contribution in [0.4, 0.5) is 26.3 Å². The van der Waals surface area contributed by atoms with Gasteiger partial charge in [0.05, 0.1) is 72.4 Å². The summed E-state index contributed by atoms with van der Waals surface area (Å²) in [4.78, 5) is 54.3. The second kappa shape index (κ2) is 37.3. The van der Waals surface area contributed by atoms with Gasteiger partial charge >= 0.3 is 54.4 Å². The molecule has 6 saturated carbocycles. The van der Waals surface area contributed by atoms with Gasteiger partial charge in [0.25, 0.3) is 3.79 Å². The molecule has 40 heteroatoms. The van der Waals surface area contributed by atoms with E-state index in [9.17, 15) is 60.8 Å². The van der Waals surface area contributed by atoms with Crippen molar-refractivity contribution >= 4 is 72.9 Å². The number of allylic oxidation sites excluding steroid dienone is 2. The number of halogens is 9. The number of hydrogen-bond acceptors (Lipinski definition) is 22. The molecule has 8 fully saturated rings. The average Bonchev–Trinajstić information content (AvgIpc) is 1.42. The van der Waals surface area contributed by atoms with Crippen molar-refractivity contribution in [3.63, 3.8) is 0 Å². The van der Waals surface area contributed by atoms with Crippen LogP contribution in [0, 0.1) is 62.6 Å². The van der Waals surface area contributed by atoms with Crippen molar-refractivity contribution in [3.8, 4) is 0 Å². The Morgan fingerprint density at radius 3 is 1.33 bits per heavy atom. The Balaban J connectivity index is 0.000000192. The van der Waals surface area contributed by atoms with E-state index in [-0.39, 0.29) is 101 Å². The molecule has 4 aromatic rings. The van der Waals surface area contributed by atoms with Crippen LogP contribution < -0.4 is 11.3 Å². The van der Waals surface area contributed by atoms with E-state index in [1.807, 2.05) is 25.1 Å². The van der Waals surface area contributed by atoms with Crippen molar-refractivity contribution in [2.75, 3.05) is 13.2 Å². The molecule has 28 nitrogen and oxygen atoms in total. The number of aliphatic hydroxyl groups is 3. The summed E-state index contributed by atoms with van der Waals surface area (Å²) in [7, 11) is -11.7. The maximum absolute atomic E-state index is 13.1. The van der Waals surface area contributed by atoms with E-state index in [0.717, 1.165) is 114 Å². The van der Waals surface area contributed by atoms with Gasteiger partial charge in [-0.05, 0) is 208 Å². The molecule has 14 rings (SSSR count). The Labute approximate surface area is 704 Å². The molecule has 4 heterocycles. The molecule has 6 N–H and O–H groups in total. The molecule has 8 aliphatic carbocycles. The van der Waals surface area contributed by atoms with Crippen LogP contribution in [0.3, 0.4) is 0 Å². The first kappa shape index (κ1) is 95.3. The number of nitrogens with one attached hydrogen (secondary N) is 1. The van der Waals surface area contributed by atoms with Crippen LogP contribution in [0.5, 0.6) is 0 Å². The zero-order valence-corrected chi connectivity index (χ0v) is 72.1. The van der Waals surface area contributed by atoms with E-state index >= 15 is 0 Å². The number of azide groups is 2. The van der Waals surface area contributed by atoms with Crippen LogP contribution in [0.1, 0.15) is 188 Å². The van der Waals surface area contributed by atoms with E-state index in [1.165, 1.54) is 23.3 Å². The van der Waals surface area contributed by atoms with Crippen LogP contribution in [0.25, 0.3) is 20.9 Å². The third-order valence-electron chi connectivity index (χ3n) is 26.7. The molecule has 0 radical (unpaired) electrons. The Morgan fingerprint density at radius 2 is 0.949 bits per heavy atom. The number of aliphatic hydroxyl groups excluding tert-OH is 1. The van der Waals surface area contributed by atoms with Gasteiger partial charge in [-0.1, -0.05) is 146 Å². The third-order valence-corrected chi connectivity index (χ3v) is 28.4. The fourth-order valence-corrected chi connectivity index (χ4v) is 20.4. The normalized spacial score (nSPS) is 35.2. The number of ether oxygens (including phenoxy) is 6. The van der Waals surface area contributed by atoms with Gasteiger partial charge in [0.2, 0.25) is 12.2 Å². The van der Waals surface area contributed by atoms with Gasteiger partial charge in [-0.2, -0.15) is 43.2 Å². The maximum atomic E-state index is 13.1. The number of rotatable bonds is 11. The van der Waals surface area contributed by atoms with Crippen molar-refractivity contribution in [2.24, 2.45) is 67.4 Å². The first-order valence-electron chi connectivity index (χ1n) is 38.2. The van der Waals surface area contributed by atoms with Crippen LogP contribution in [-0.2, 0) is 68.1 Å². The van der Waals surface area contributed by atoms with Crippen LogP contribution >= 0.6 is 34.8 Å². The number of carbonyl (C=O) groups excluding carboxylic acids is 2. The summed E-state index contributed by atoms with van der Waals surface area (Å²) in [6.45, 7) is 13.1. The number of esters is 2. The topological polar surface area (TPSA) is 441 Å². The standard InChI is InChI=1S/C37H45N3O7.C24H32O4.C15H15Cl3N4O4.2CHF3O3S.Zn/c1-22-30(39-40-38)21-45-34(32(22)47-33(42)23-7-5-4-6-8-23)46-26-13-16-35(2)25(19-26)10-11-29-28(35)14-17-36(3)27(15-18-37(29,36)43)24-9-12-31(41)44-20-24;1-22-10-7-17(25)13-16(22)4-5-20-19(22)8-11-23(2)18(9-12-24(20,23)27)15-3-6-21(26)28-14-15;1-8-10(21-22-20)7-24-13(26-14(19)15(16,17)18)11(8)25-12(23)9-5-3-2-4-6-9;2*2-1(3,4)8(5,6)7;/h4-9,12,19-20,22,26-30,32,34,43H,10-11,13-18,21H2,1-3H3;3,6,13-14,17-20,25,27H,4-5,7-12H2,1-2H3;2-6,8,10-11,13,19H,7H2,1H3;2*(H,5,6,7);/t22-,26+,27-,28?,29?,30+,32+,34?,35+,36-,37+;17-,18+,19?,20?,22-,23+,24-;8-,10+,11+,13?;;;/m101.../s1. The predicted molar refractivity (Wildman–Crippen MR) is 412 cm³/mol. The van der Waals surface area contributed by atoms with Gasteiger partial charge < -0.3 is 52.6 Å². The Bertz CT molecular complexity index is 4720. The van der Waals surface area contributed by atoms with Crippen LogP contribution in [0.15, 0.2) is 149 Å². The Morgan fingerprint density at radius 1 is 0.559 bits per heavy atom. The minimum absolute atomic E-state index is 0. The molecule has 0 bridgehead atoms. The molecule has 0 amide bonds. The molecule has 0 spiro atoms. The van der Waals surface area contributed by atoms with Gasteiger partial charge in [-0.25, -0.2) is 19.2 Å². The summed E-state index contributed by atoms with van der Waals surface area (Å²) in [5.41, 5.74) is 9.88. The summed E-state index contributed by atoms with van der Waals surface area (Å²) in [5, 5.41) is 50.1. The Hall–Kier alpha value is -6.50. The monoisotopic (exact) mass is 1810 g/mol. The molecular weight excluding hydrogens is 1720 g/mol. The van der Waals surface area contributed by atoms with Gasteiger partial charge in [0.15, 0.2) is 18.5 Å². The van der Waals surface area contributed by atoms with Crippen molar-refractivity contribution in [2.45, 2.75) is 231 Å². The number of alkyl halides is 9. The first-order chi connectivity index (χ1) is 54.6. The van der Waals surface area contributed by atoms with Crippen molar-refractivity contribution in [1.29, 1.82) is 5.41 Å². The summed E-state index contributed by atoms with van der Waals surface area (Å²) in [6, 6.07) is 22.8. The number of fused-ring (bicyclic) bond motifs is 10. The fraction of sp³-hybridized carbons (Fsp3) is 0.628. The second-order valence-corrected chi connectivity index (χ2v) is 37.8. The number of carbonyl (C=O) groups is 2. The molecular formula is C78H94Cl3F6N7O21S2Zn. The maximum Gasteiger partial charge on any atom is 0.522 e. The third kappa shape index (κ3) is 20.1. The SMILES string of the molecule is C[C@@H]1[C@@H](N=[N+]=[N-])COC(OC(=N)C(Cl)(Cl)Cl)[C@H]1OC(=O)c1ccccc1.C[C@@H]1[C@@H](N=[N+]=[N-])COC(O[C@@H]2C=C3CCC4C(CC[C@]5(C)[C@@H](c6ccc(=O)oc6)CC[C@]45O)[C@@]3(C)CC2)[C@H]1OC(=O)c1ccccc1.C[C@]12CC[C@H](O)C=C1CCC1C2CC[C@]2(C)[C@@H](c3ccc(=O)oc3)CC[C@]12O.O=S(=O)(O)C(F)(F)F.O=S(=O)(O)C(F)(F)F.[Zn]. The van der Waals surface area contributed by atoms with E-state index in [2.05, 4.69) is 59.9 Å². The van der Waals surface area contributed by atoms with Gasteiger partial charge in [0, 0.05) is 64.1 Å². The minimum atomic E-state index is -5.84. The summed E-state index contributed by atoms with van der Waals surface area (Å²) in [5.74, 6) is -0.768. The van der Waals surface area contributed by atoms with E-state index in [4.69, 9.17) is 114 Å². The van der Waals surface area contributed by atoms with E-state index in [1.54, 1.807) is 74.0 Å². The number of nitrogens with zero attached hydrogens (tertiary/aromatic N) is 6. The van der Waals surface area contributed by atoms with E-state index in [0.29, 0.717) is 28.9 Å².